The molecule has 2 atom stereocenters. The third kappa shape index (κ3) is 2.20. The van der Waals surface area contributed by atoms with E-state index in [1.807, 2.05) is 0 Å². The third-order valence-electron chi connectivity index (χ3n) is 2.83. The van der Waals surface area contributed by atoms with Crippen molar-refractivity contribution in [1.29, 1.82) is 0 Å². The van der Waals surface area contributed by atoms with Crippen molar-refractivity contribution in [1.82, 2.24) is 4.90 Å². The molecule has 6 heteroatoms. The largest absolute Gasteiger partial charge is 0.548 e. The van der Waals surface area contributed by atoms with Crippen molar-refractivity contribution in [3.8, 4) is 0 Å². The molecule has 0 N–H and O–H groups in total. The molecular formula is C12H11FNO3S-. The number of rotatable bonds is 3. The minimum absolute atomic E-state index is 0.149. The summed E-state index contributed by atoms with van der Waals surface area (Å²) in [5.41, 5.74) is 0.321. The van der Waals surface area contributed by atoms with E-state index in [0.717, 1.165) is 0 Å². The van der Waals surface area contributed by atoms with Gasteiger partial charge in [-0.15, -0.1) is 11.8 Å². The lowest BCUT2D eigenvalue weighted by Crippen LogP contribution is -2.47. The van der Waals surface area contributed by atoms with Crippen LogP contribution in [0.25, 0.3) is 0 Å². The number of carbonyl (C=O) groups is 2. The number of benzene rings is 1. The summed E-state index contributed by atoms with van der Waals surface area (Å²) in [5.74, 6) is -1.95. The molecule has 0 radical (unpaired) electrons. The normalized spacial score (nSPS) is 21.1. The Balaban J connectivity index is 2.35. The van der Waals surface area contributed by atoms with Crippen LogP contribution in [0, 0.1) is 5.82 Å². The zero-order valence-corrected chi connectivity index (χ0v) is 10.4. The number of carboxylic acids is 1. The smallest absolute Gasteiger partial charge is 0.234 e. The summed E-state index contributed by atoms with van der Waals surface area (Å²) in [7, 11) is 0. The highest BCUT2D eigenvalue weighted by Gasteiger charge is 2.37. The number of hydrogen-bond donors (Lipinski definition) is 0. The monoisotopic (exact) mass is 268 g/mol. The van der Waals surface area contributed by atoms with E-state index in [-0.39, 0.29) is 11.7 Å². The van der Waals surface area contributed by atoms with Crippen LogP contribution in [0.1, 0.15) is 17.9 Å². The zero-order valence-electron chi connectivity index (χ0n) is 9.63. The first kappa shape index (κ1) is 12.9. The summed E-state index contributed by atoms with van der Waals surface area (Å²) in [4.78, 5) is 23.8. The molecule has 1 saturated heterocycles. The quantitative estimate of drug-likeness (QED) is 0.802. The van der Waals surface area contributed by atoms with Crippen molar-refractivity contribution < 1.29 is 19.1 Å². The standard InChI is InChI=1S/C12H12FNO3S/c1-7(12(16)17)14-10(15)6-18-11(14)8-4-2-3-5-9(8)13/h2-5,7,11H,6H2,1H3,(H,16,17)/p-1/t7-,11+/m0/s1. The first-order valence-electron chi connectivity index (χ1n) is 5.40. The van der Waals surface area contributed by atoms with Gasteiger partial charge in [-0.3, -0.25) is 4.79 Å². The Labute approximate surface area is 108 Å². The molecule has 96 valence electrons. The highest BCUT2D eigenvalue weighted by atomic mass is 32.2. The average molecular weight is 268 g/mol. The maximum absolute atomic E-state index is 13.7. The van der Waals surface area contributed by atoms with Crippen LogP contribution >= 0.6 is 11.8 Å². The molecule has 0 bridgehead atoms. The lowest BCUT2D eigenvalue weighted by atomic mass is 10.1. The number of amides is 1. The minimum Gasteiger partial charge on any atom is -0.548 e. The van der Waals surface area contributed by atoms with Crippen LogP contribution in [0.5, 0.6) is 0 Å². The molecule has 0 spiro atoms. The Hall–Kier alpha value is -1.56. The molecule has 0 aromatic heterocycles. The Morgan fingerprint density at radius 2 is 2.22 bits per heavy atom. The minimum atomic E-state index is -1.34. The molecule has 0 unspecified atom stereocenters. The lowest BCUT2D eigenvalue weighted by Gasteiger charge is -2.31. The molecule has 1 aliphatic rings. The van der Waals surface area contributed by atoms with Gasteiger partial charge in [0.1, 0.15) is 11.2 Å². The van der Waals surface area contributed by atoms with Gasteiger partial charge in [-0.05, 0) is 13.0 Å². The van der Waals surface area contributed by atoms with Gasteiger partial charge in [0.15, 0.2) is 0 Å². The number of carboxylic acid groups (broad SMARTS) is 1. The predicted molar refractivity (Wildman–Crippen MR) is 62.9 cm³/mol. The van der Waals surface area contributed by atoms with E-state index >= 15 is 0 Å². The Morgan fingerprint density at radius 1 is 1.56 bits per heavy atom. The second kappa shape index (κ2) is 4.97. The van der Waals surface area contributed by atoms with Gasteiger partial charge in [-0.1, -0.05) is 18.2 Å². The van der Waals surface area contributed by atoms with Crippen LogP contribution in [-0.4, -0.2) is 28.6 Å². The second-order valence-corrected chi connectivity index (χ2v) is 5.05. The maximum Gasteiger partial charge on any atom is 0.234 e. The van der Waals surface area contributed by atoms with Crippen LogP contribution in [0.2, 0.25) is 0 Å². The van der Waals surface area contributed by atoms with Gasteiger partial charge in [0.25, 0.3) is 0 Å². The van der Waals surface area contributed by atoms with Gasteiger partial charge in [0.2, 0.25) is 5.91 Å². The summed E-state index contributed by atoms with van der Waals surface area (Å²) in [6.07, 6.45) is 0. The molecule has 4 nitrogen and oxygen atoms in total. The average Bonchev–Trinajstić information content (AvgIpc) is 2.70. The maximum atomic E-state index is 13.7. The molecule has 2 rings (SSSR count). The van der Waals surface area contributed by atoms with Crippen LogP contribution in [0.3, 0.4) is 0 Å². The molecule has 1 amide bonds. The third-order valence-corrected chi connectivity index (χ3v) is 4.05. The van der Waals surface area contributed by atoms with Crippen molar-refractivity contribution in [3.05, 3.63) is 35.6 Å². The summed E-state index contributed by atoms with van der Waals surface area (Å²) in [6, 6.07) is 4.98. The molecule has 1 aliphatic heterocycles. The van der Waals surface area contributed by atoms with Gasteiger partial charge >= 0.3 is 0 Å². The number of halogens is 1. The van der Waals surface area contributed by atoms with Gasteiger partial charge < -0.3 is 14.8 Å². The number of nitrogens with zero attached hydrogens (tertiary/aromatic N) is 1. The van der Waals surface area contributed by atoms with E-state index in [4.69, 9.17) is 0 Å². The molecule has 0 aliphatic carbocycles. The molecule has 1 heterocycles. The van der Waals surface area contributed by atoms with Crippen LogP contribution in [0.15, 0.2) is 24.3 Å². The predicted octanol–water partition coefficient (Wildman–Crippen LogP) is 0.538. The van der Waals surface area contributed by atoms with Crippen LogP contribution < -0.4 is 5.11 Å². The highest BCUT2D eigenvalue weighted by molar-refractivity contribution is 8.00. The highest BCUT2D eigenvalue weighted by Crippen LogP contribution is 2.40. The number of carbonyl (C=O) groups excluding carboxylic acids is 2. The van der Waals surface area contributed by atoms with E-state index in [2.05, 4.69) is 0 Å². The van der Waals surface area contributed by atoms with Crippen molar-refractivity contribution in [2.24, 2.45) is 0 Å². The van der Waals surface area contributed by atoms with Crippen LogP contribution in [-0.2, 0) is 9.59 Å². The van der Waals surface area contributed by atoms with E-state index in [9.17, 15) is 19.1 Å². The molecular weight excluding hydrogens is 257 g/mol. The summed E-state index contributed by atoms with van der Waals surface area (Å²) >= 11 is 1.22. The number of hydrogen-bond acceptors (Lipinski definition) is 4. The van der Waals surface area contributed by atoms with E-state index in [1.165, 1.54) is 29.7 Å². The summed E-state index contributed by atoms with van der Waals surface area (Å²) in [5, 5.41) is 10.3. The van der Waals surface area contributed by atoms with E-state index in [0.29, 0.717) is 5.56 Å². The second-order valence-electron chi connectivity index (χ2n) is 3.98. The SMILES string of the molecule is C[C@@H](C(=O)[O-])N1C(=O)CS[C@@H]1c1ccccc1F. The van der Waals surface area contributed by atoms with Gasteiger partial charge in [0.05, 0.1) is 17.8 Å². The molecule has 1 fully saturated rings. The first-order valence-corrected chi connectivity index (χ1v) is 6.45. The van der Waals surface area contributed by atoms with E-state index in [1.54, 1.807) is 18.2 Å². The lowest BCUT2D eigenvalue weighted by molar-refractivity contribution is -0.310. The Bertz CT molecular complexity index is 494. The van der Waals surface area contributed by atoms with Gasteiger partial charge in [0, 0.05) is 5.56 Å². The Morgan fingerprint density at radius 3 is 2.83 bits per heavy atom. The Kier molecular flexibility index (Phi) is 3.56. The zero-order chi connectivity index (χ0) is 13.3. The van der Waals surface area contributed by atoms with Gasteiger partial charge in [-0.25, -0.2) is 4.39 Å². The topological polar surface area (TPSA) is 60.4 Å². The van der Waals surface area contributed by atoms with Crippen molar-refractivity contribution in [2.75, 3.05) is 5.75 Å². The molecule has 0 saturated carbocycles. The van der Waals surface area contributed by atoms with Crippen molar-refractivity contribution in [3.63, 3.8) is 0 Å². The number of thioether (sulfide) groups is 1. The summed E-state index contributed by atoms with van der Waals surface area (Å²) < 4.78 is 13.7. The van der Waals surface area contributed by atoms with Crippen LogP contribution in [0.4, 0.5) is 4.39 Å². The fourth-order valence-electron chi connectivity index (χ4n) is 1.88. The molecule has 1 aromatic carbocycles. The fourth-order valence-corrected chi connectivity index (χ4v) is 3.16. The summed E-state index contributed by atoms with van der Waals surface area (Å²) in [6.45, 7) is 1.37. The van der Waals surface area contributed by atoms with Gasteiger partial charge in [-0.2, -0.15) is 0 Å². The van der Waals surface area contributed by atoms with Crippen molar-refractivity contribution in [2.45, 2.75) is 18.3 Å². The molecule has 18 heavy (non-hydrogen) atoms. The van der Waals surface area contributed by atoms with E-state index < -0.39 is 23.2 Å². The molecule has 1 aromatic rings. The first-order chi connectivity index (χ1) is 8.52. The van der Waals surface area contributed by atoms with Crippen molar-refractivity contribution >= 4 is 23.6 Å². The number of aliphatic carboxylic acids is 1. The fraction of sp³-hybridized carbons (Fsp3) is 0.333.